The molecule has 1 amide bonds. The van der Waals surface area contributed by atoms with E-state index < -0.39 is 6.04 Å². The van der Waals surface area contributed by atoms with Crippen molar-refractivity contribution in [1.29, 1.82) is 0 Å². The zero-order valence-electron chi connectivity index (χ0n) is 10.9. The summed E-state index contributed by atoms with van der Waals surface area (Å²) in [7, 11) is 0. The number of aromatic nitrogens is 3. The largest absolute Gasteiger partial charge is 0.360 e. The number of rotatable bonds is 3. The van der Waals surface area contributed by atoms with Crippen LogP contribution in [0, 0.1) is 13.8 Å². The summed E-state index contributed by atoms with van der Waals surface area (Å²) in [6.45, 7) is 5.07. The molecule has 0 aromatic carbocycles. The Kier molecular flexibility index (Phi) is 3.46. The van der Waals surface area contributed by atoms with Crippen LogP contribution in [0.25, 0.3) is 0 Å². The van der Waals surface area contributed by atoms with Gasteiger partial charge in [-0.05, 0) is 26.8 Å². The lowest BCUT2D eigenvalue weighted by Crippen LogP contribution is -2.33. The van der Waals surface area contributed by atoms with Crippen LogP contribution < -0.4 is 10.9 Å². The van der Waals surface area contributed by atoms with Gasteiger partial charge < -0.3 is 9.84 Å². The van der Waals surface area contributed by atoms with Crippen LogP contribution in [0.4, 0.5) is 5.82 Å². The van der Waals surface area contributed by atoms with Crippen LogP contribution in [0.1, 0.15) is 24.4 Å². The Morgan fingerprint density at radius 1 is 1.42 bits per heavy atom. The normalized spacial score (nSPS) is 12.2. The number of aryl methyl sites for hydroxylation is 2. The first-order chi connectivity index (χ1) is 8.97. The van der Waals surface area contributed by atoms with Crippen molar-refractivity contribution in [3.63, 3.8) is 0 Å². The Balaban J connectivity index is 2.19. The van der Waals surface area contributed by atoms with Crippen molar-refractivity contribution in [3.8, 4) is 0 Å². The highest BCUT2D eigenvalue weighted by Crippen LogP contribution is 2.10. The summed E-state index contributed by atoms with van der Waals surface area (Å²) in [4.78, 5) is 23.7. The van der Waals surface area contributed by atoms with Gasteiger partial charge in [-0.1, -0.05) is 5.16 Å². The van der Waals surface area contributed by atoms with Gasteiger partial charge in [0.25, 0.3) is 5.56 Å². The minimum atomic E-state index is -0.732. The molecular weight excluding hydrogens is 248 g/mol. The summed E-state index contributed by atoms with van der Waals surface area (Å²) in [5.41, 5.74) is 0.334. The molecule has 2 rings (SSSR count). The predicted molar refractivity (Wildman–Crippen MR) is 67.8 cm³/mol. The molecule has 2 aromatic rings. The van der Waals surface area contributed by atoms with E-state index in [4.69, 9.17) is 4.52 Å². The third kappa shape index (κ3) is 2.87. The number of amides is 1. The van der Waals surface area contributed by atoms with E-state index >= 15 is 0 Å². The van der Waals surface area contributed by atoms with Gasteiger partial charge >= 0.3 is 0 Å². The average molecular weight is 262 g/mol. The lowest BCUT2D eigenvalue weighted by atomic mass is 10.3. The highest BCUT2D eigenvalue weighted by atomic mass is 16.5. The van der Waals surface area contributed by atoms with Gasteiger partial charge in [0.15, 0.2) is 5.82 Å². The van der Waals surface area contributed by atoms with Crippen LogP contribution in [-0.4, -0.2) is 20.8 Å². The molecule has 0 fully saturated rings. The van der Waals surface area contributed by atoms with E-state index in [1.54, 1.807) is 32.9 Å². The molecule has 2 aromatic heterocycles. The van der Waals surface area contributed by atoms with Crippen LogP contribution in [0.5, 0.6) is 0 Å². The fourth-order valence-electron chi connectivity index (χ4n) is 1.57. The van der Waals surface area contributed by atoms with Crippen molar-refractivity contribution < 1.29 is 9.32 Å². The molecule has 19 heavy (non-hydrogen) atoms. The third-order valence-electron chi connectivity index (χ3n) is 2.58. The third-order valence-corrected chi connectivity index (χ3v) is 2.58. The van der Waals surface area contributed by atoms with Crippen LogP contribution in [0.3, 0.4) is 0 Å². The standard InChI is InChI=1S/C12H14N4O3/c1-7-4-5-11(17)16(14-7)9(3)12(18)13-10-6-8(2)19-15-10/h4-6,9H,1-3H3,(H,13,15,18). The van der Waals surface area contributed by atoms with E-state index in [9.17, 15) is 9.59 Å². The molecule has 1 unspecified atom stereocenters. The molecule has 7 nitrogen and oxygen atoms in total. The van der Waals surface area contributed by atoms with Gasteiger partial charge in [0.1, 0.15) is 11.8 Å². The van der Waals surface area contributed by atoms with E-state index in [1.165, 1.54) is 6.07 Å². The summed E-state index contributed by atoms with van der Waals surface area (Å²) in [6, 6.07) is 3.85. The van der Waals surface area contributed by atoms with Gasteiger partial charge in [0, 0.05) is 12.1 Å². The van der Waals surface area contributed by atoms with Crippen molar-refractivity contribution in [2.24, 2.45) is 0 Å². The number of nitrogens with one attached hydrogen (secondary N) is 1. The minimum absolute atomic E-state index is 0.315. The summed E-state index contributed by atoms with van der Waals surface area (Å²) in [5.74, 6) is 0.525. The maximum absolute atomic E-state index is 12.0. The molecule has 0 aliphatic carbocycles. The Labute approximate surface area is 109 Å². The zero-order chi connectivity index (χ0) is 14.0. The second kappa shape index (κ2) is 5.05. The molecule has 1 atom stereocenters. The van der Waals surface area contributed by atoms with E-state index in [1.807, 2.05) is 0 Å². The molecule has 0 radical (unpaired) electrons. The van der Waals surface area contributed by atoms with Crippen LogP contribution >= 0.6 is 0 Å². The Bertz CT molecular complexity index is 659. The summed E-state index contributed by atoms with van der Waals surface area (Å²) >= 11 is 0. The van der Waals surface area contributed by atoms with Crippen molar-refractivity contribution in [2.75, 3.05) is 5.32 Å². The van der Waals surface area contributed by atoms with E-state index in [2.05, 4.69) is 15.6 Å². The van der Waals surface area contributed by atoms with Crippen molar-refractivity contribution in [1.82, 2.24) is 14.9 Å². The first-order valence-electron chi connectivity index (χ1n) is 5.78. The Morgan fingerprint density at radius 2 is 2.16 bits per heavy atom. The van der Waals surface area contributed by atoms with Crippen molar-refractivity contribution in [2.45, 2.75) is 26.8 Å². The number of carbonyl (C=O) groups excluding carboxylic acids is 1. The maximum atomic E-state index is 12.0. The van der Waals surface area contributed by atoms with Crippen LogP contribution in [0.2, 0.25) is 0 Å². The number of hydrogen-bond acceptors (Lipinski definition) is 5. The molecular formula is C12H14N4O3. The Morgan fingerprint density at radius 3 is 2.79 bits per heavy atom. The summed E-state index contributed by atoms with van der Waals surface area (Å²) in [5, 5.41) is 10.3. The maximum Gasteiger partial charge on any atom is 0.267 e. The molecule has 7 heteroatoms. The van der Waals surface area contributed by atoms with Crippen LogP contribution in [-0.2, 0) is 4.79 Å². The highest BCUT2D eigenvalue weighted by Gasteiger charge is 2.18. The molecule has 0 aliphatic rings. The van der Waals surface area contributed by atoms with Crippen molar-refractivity contribution >= 4 is 11.7 Å². The molecule has 0 bridgehead atoms. The van der Waals surface area contributed by atoms with Gasteiger partial charge in [-0.25, -0.2) is 4.68 Å². The minimum Gasteiger partial charge on any atom is -0.360 e. The van der Waals surface area contributed by atoms with Gasteiger partial charge in [-0.2, -0.15) is 5.10 Å². The SMILES string of the molecule is Cc1ccc(=O)n(C(C)C(=O)Nc2cc(C)on2)n1. The smallest absolute Gasteiger partial charge is 0.267 e. The topological polar surface area (TPSA) is 90.0 Å². The van der Waals surface area contributed by atoms with E-state index in [0.717, 1.165) is 4.68 Å². The van der Waals surface area contributed by atoms with E-state index in [0.29, 0.717) is 17.3 Å². The van der Waals surface area contributed by atoms with Gasteiger partial charge in [-0.15, -0.1) is 0 Å². The molecule has 0 saturated heterocycles. The molecule has 0 aliphatic heterocycles. The molecule has 1 N–H and O–H groups in total. The molecule has 0 saturated carbocycles. The van der Waals surface area contributed by atoms with Gasteiger partial charge in [0.2, 0.25) is 5.91 Å². The average Bonchev–Trinajstić information content (AvgIpc) is 2.77. The lowest BCUT2D eigenvalue weighted by molar-refractivity contribution is -0.119. The monoisotopic (exact) mass is 262 g/mol. The number of nitrogens with zero attached hydrogens (tertiary/aromatic N) is 3. The fraction of sp³-hybridized carbons (Fsp3) is 0.333. The van der Waals surface area contributed by atoms with Gasteiger partial charge in [0.05, 0.1) is 5.69 Å². The summed E-state index contributed by atoms with van der Waals surface area (Å²) < 4.78 is 5.98. The molecule has 100 valence electrons. The first kappa shape index (κ1) is 13.0. The Hall–Kier alpha value is -2.44. The summed E-state index contributed by atoms with van der Waals surface area (Å²) in [6.07, 6.45) is 0. The predicted octanol–water partition coefficient (Wildman–Crippen LogP) is 1.05. The number of hydrogen-bond donors (Lipinski definition) is 1. The zero-order valence-corrected chi connectivity index (χ0v) is 10.9. The quantitative estimate of drug-likeness (QED) is 0.892. The number of carbonyl (C=O) groups is 1. The second-order valence-corrected chi connectivity index (χ2v) is 4.25. The van der Waals surface area contributed by atoms with Gasteiger partial charge in [-0.3, -0.25) is 9.59 Å². The van der Waals surface area contributed by atoms with Crippen LogP contribution in [0.15, 0.2) is 27.5 Å². The highest BCUT2D eigenvalue weighted by molar-refractivity contribution is 5.92. The van der Waals surface area contributed by atoms with E-state index in [-0.39, 0.29) is 11.5 Å². The van der Waals surface area contributed by atoms with Crippen molar-refractivity contribution in [3.05, 3.63) is 40.0 Å². The number of anilines is 1. The fourth-order valence-corrected chi connectivity index (χ4v) is 1.57. The molecule has 0 spiro atoms. The second-order valence-electron chi connectivity index (χ2n) is 4.25. The lowest BCUT2D eigenvalue weighted by Gasteiger charge is -2.12. The molecule has 2 heterocycles. The first-order valence-corrected chi connectivity index (χ1v) is 5.78.